The highest BCUT2D eigenvalue weighted by Gasteiger charge is 2.41. The lowest BCUT2D eigenvalue weighted by molar-refractivity contribution is 0.826. The molecule has 8 rings (SSSR count). The highest BCUT2D eigenvalue weighted by molar-refractivity contribution is 6.14. The molecule has 2 aliphatic carbocycles. The number of rotatable bonds is 6. The van der Waals surface area contributed by atoms with E-state index in [0.29, 0.717) is 5.92 Å². The fourth-order valence-electron chi connectivity index (χ4n) is 7.67. The Labute approximate surface area is 248 Å². The van der Waals surface area contributed by atoms with Crippen molar-refractivity contribution in [2.75, 3.05) is 0 Å². The molecule has 206 valence electrons. The van der Waals surface area contributed by atoms with E-state index in [2.05, 4.69) is 135 Å². The molecule has 0 amide bonds. The Balaban J connectivity index is 1.27. The van der Waals surface area contributed by atoms with Crippen molar-refractivity contribution in [3.8, 4) is 0 Å². The van der Waals surface area contributed by atoms with Crippen molar-refractivity contribution >= 4 is 60.6 Å². The molecule has 1 aromatic heterocycles. The smallest absolute Gasteiger partial charge is 0.0567 e. The molecule has 1 heterocycles. The number of allylic oxidation sites excluding steroid dienone is 5. The minimum Gasteiger partial charge on any atom is -0.340 e. The zero-order chi connectivity index (χ0) is 28.4. The molecule has 2 aliphatic rings. The van der Waals surface area contributed by atoms with Crippen LogP contribution >= 0.6 is 0 Å². The Morgan fingerprint density at radius 3 is 2.38 bits per heavy atom. The van der Waals surface area contributed by atoms with Gasteiger partial charge in [-0.2, -0.15) is 0 Å². The third-order valence-electron chi connectivity index (χ3n) is 9.78. The lowest BCUT2D eigenvalue weighted by Crippen LogP contribution is -1.97. The van der Waals surface area contributed by atoms with Crippen molar-refractivity contribution < 1.29 is 0 Å². The van der Waals surface area contributed by atoms with Crippen molar-refractivity contribution in [1.29, 1.82) is 0 Å². The molecule has 1 nitrogen and oxygen atoms in total. The van der Waals surface area contributed by atoms with E-state index < -0.39 is 0 Å². The summed E-state index contributed by atoms with van der Waals surface area (Å²) in [4.78, 5) is 0. The Morgan fingerprint density at radius 1 is 0.786 bits per heavy atom. The number of nitrogens with zero attached hydrogens (tertiary/aromatic N) is 1. The van der Waals surface area contributed by atoms with Gasteiger partial charge in [0.1, 0.15) is 0 Å². The summed E-state index contributed by atoms with van der Waals surface area (Å²) < 4.78 is 2.47. The molecule has 0 aliphatic heterocycles. The first kappa shape index (κ1) is 25.4. The van der Waals surface area contributed by atoms with Crippen LogP contribution in [-0.2, 0) is 6.54 Å². The second kappa shape index (κ2) is 9.88. The van der Waals surface area contributed by atoms with Crippen LogP contribution in [0.3, 0.4) is 0 Å². The van der Waals surface area contributed by atoms with Gasteiger partial charge < -0.3 is 4.57 Å². The van der Waals surface area contributed by atoms with Gasteiger partial charge in [-0.3, -0.25) is 0 Å². The quantitative estimate of drug-likeness (QED) is 0.145. The largest absolute Gasteiger partial charge is 0.340 e. The van der Waals surface area contributed by atoms with Gasteiger partial charge in [-0.15, -0.1) is 0 Å². The molecule has 2 unspecified atom stereocenters. The molecule has 1 saturated carbocycles. The molecule has 0 radical (unpaired) electrons. The fourth-order valence-corrected chi connectivity index (χ4v) is 7.67. The van der Waals surface area contributed by atoms with E-state index >= 15 is 0 Å². The molecule has 0 bridgehead atoms. The maximum atomic E-state index is 2.48. The summed E-state index contributed by atoms with van der Waals surface area (Å²) in [5.41, 5.74) is 11.1. The van der Waals surface area contributed by atoms with Crippen molar-refractivity contribution in [2.45, 2.75) is 52.5 Å². The number of aryl methyl sites for hydroxylation is 1. The number of aromatic nitrogens is 1. The molecule has 5 aromatic carbocycles. The Hall–Kier alpha value is -4.36. The first-order chi connectivity index (χ1) is 20.7. The summed E-state index contributed by atoms with van der Waals surface area (Å²) in [6, 6.07) is 31.9. The van der Waals surface area contributed by atoms with Crippen LogP contribution in [0.1, 0.15) is 68.2 Å². The van der Waals surface area contributed by atoms with Gasteiger partial charge in [-0.1, -0.05) is 110 Å². The van der Waals surface area contributed by atoms with E-state index in [1.54, 1.807) is 5.56 Å². The molecule has 2 atom stereocenters. The van der Waals surface area contributed by atoms with Gasteiger partial charge in [0.05, 0.1) is 5.52 Å². The van der Waals surface area contributed by atoms with Crippen molar-refractivity contribution in [3.05, 3.63) is 125 Å². The van der Waals surface area contributed by atoms with Crippen LogP contribution in [0.5, 0.6) is 0 Å². The Morgan fingerprint density at radius 2 is 1.55 bits per heavy atom. The summed E-state index contributed by atoms with van der Waals surface area (Å²) in [5.74, 6) is 1.43. The van der Waals surface area contributed by atoms with Gasteiger partial charge in [0.25, 0.3) is 0 Å². The molecule has 1 fully saturated rings. The zero-order valence-electron chi connectivity index (χ0n) is 24.8. The van der Waals surface area contributed by atoms with Crippen molar-refractivity contribution in [1.82, 2.24) is 4.57 Å². The van der Waals surface area contributed by atoms with E-state index in [9.17, 15) is 0 Å². The number of benzene rings is 5. The van der Waals surface area contributed by atoms with Crippen LogP contribution in [0, 0.1) is 5.92 Å². The zero-order valence-corrected chi connectivity index (χ0v) is 24.8. The summed E-state index contributed by atoms with van der Waals surface area (Å²) >= 11 is 0. The molecule has 0 spiro atoms. The first-order valence-electron chi connectivity index (χ1n) is 15.7. The maximum Gasteiger partial charge on any atom is 0.0567 e. The third-order valence-corrected chi connectivity index (χ3v) is 9.78. The highest BCUT2D eigenvalue weighted by atomic mass is 15.0. The van der Waals surface area contributed by atoms with Crippen molar-refractivity contribution in [2.24, 2.45) is 5.92 Å². The van der Waals surface area contributed by atoms with E-state index in [4.69, 9.17) is 0 Å². The van der Waals surface area contributed by atoms with Crippen LogP contribution in [-0.4, -0.2) is 4.57 Å². The lowest BCUT2D eigenvalue weighted by atomic mass is 9.85. The number of hydrogen-bond donors (Lipinski definition) is 0. The summed E-state index contributed by atoms with van der Waals surface area (Å²) in [6.45, 7) is 7.77. The molecule has 0 N–H and O–H groups in total. The van der Waals surface area contributed by atoms with Gasteiger partial charge in [0.2, 0.25) is 0 Å². The lowest BCUT2D eigenvalue weighted by Gasteiger charge is -2.19. The van der Waals surface area contributed by atoms with Gasteiger partial charge in [-0.25, -0.2) is 0 Å². The first-order valence-corrected chi connectivity index (χ1v) is 15.7. The second-order valence-electron chi connectivity index (χ2n) is 12.3. The predicted octanol–water partition coefficient (Wildman–Crippen LogP) is 11.5. The third kappa shape index (κ3) is 3.83. The number of fused-ring (bicyclic) bond motifs is 11. The van der Waals surface area contributed by atoms with Crippen LogP contribution in [0.15, 0.2) is 103 Å². The fraction of sp³-hybridized carbons (Fsp3) is 0.220. The summed E-state index contributed by atoms with van der Waals surface area (Å²) in [6.07, 6.45) is 13.1. The van der Waals surface area contributed by atoms with E-state index in [1.165, 1.54) is 77.6 Å². The van der Waals surface area contributed by atoms with Crippen molar-refractivity contribution in [3.63, 3.8) is 0 Å². The average molecular weight is 544 g/mol. The molecule has 0 saturated heterocycles. The predicted molar refractivity (Wildman–Crippen MR) is 183 cm³/mol. The maximum absolute atomic E-state index is 2.48. The Kier molecular flexibility index (Phi) is 5.96. The monoisotopic (exact) mass is 543 g/mol. The van der Waals surface area contributed by atoms with Gasteiger partial charge in [0, 0.05) is 28.4 Å². The number of para-hydroxylation sites is 2. The number of hydrogen-bond acceptors (Lipinski definition) is 0. The highest BCUT2D eigenvalue weighted by Crippen LogP contribution is 2.56. The topological polar surface area (TPSA) is 4.93 Å². The molecule has 6 aromatic rings. The van der Waals surface area contributed by atoms with E-state index in [-0.39, 0.29) is 0 Å². The van der Waals surface area contributed by atoms with Gasteiger partial charge >= 0.3 is 0 Å². The second-order valence-corrected chi connectivity index (χ2v) is 12.3. The van der Waals surface area contributed by atoms with Crippen LogP contribution in [0.4, 0.5) is 0 Å². The normalized spacial score (nSPS) is 18.3. The SMILES string of the molecule is CCC/C(=C\C=C(/C)c1cccc2c3ccccc3n(CC)c12)c1ccc2c(c1)c1c(c3ccccc32)C2CC2C=C1. The Bertz CT molecular complexity index is 2130. The summed E-state index contributed by atoms with van der Waals surface area (Å²) in [7, 11) is 0. The molecular weight excluding hydrogens is 506 g/mol. The van der Waals surface area contributed by atoms with Gasteiger partial charge in [-0.05, 0) is 100 Å². The summed E-state index contributed by atoms with van der Waals surface area (Å²) in [5, 5.41) is 8.31. The van der Waals surface area contributed by atoms with Crippen LogP contribution < -0.4 is 0 Å². The minimum atomic E-state index is 0.695. The molecular formula is C41H37N. The van der Waals surface area contributed by atoms with E-state index in [1.807, 2.05) is 0 Å². The standard InChI is InChI=1S/C41H37N/c1-4-11-27(19-18-26(3)30-15-10-16-36-33-13-8-9-17-39(33)42(5-2)41(30)36)28-20-22-32-31-12-6-7-14-34(31)40-35(38(32)24-28)23-21-29-25-37(29)40/h6-10,12-24,29,37H,4-5,11,25H2,1-3H3/b26-18+,27-19+. The minimum absolute atomic E-state index is 0.695. The van der Waals surface area contributed by atoms with Gasteiger partial charge in [0.15, 0.2) is 0 Å². The molecule has 1 heteroatoms. The van der Waals surface area contributed by atoms with E-state index in [0.717, 1.165) is 25.3 Å². The molecule has 42 heavy (non-hydrogen) atoms. The average Bonchev–Trinajstić information content (AvgIpc) is 3.76. The van der Waals surface area contributed by atoms with Crippen LogP contribution in [0.2, 0.25) is 0 Å². The van der Waals surface area contributed by atoms with Crippen LogP contribution in [0.25, 0.3) is 60.6 Å².